The molecule has 0 aliphatic heterocycles. The molecule has 0 saturated carbocycles. The molecular formula is C87H81N. The number of hydrogen-bond acceptors (Lipinski definition) is 1. The molecule has 0 aromatic heterocycles. The third kappa shape index (κ3) is 12.3. The first-order valence-corrected chi connectivity index (χ1v) is 31.3. The van der Waals surface area contributed by atoms with Crippen molar-refractivity contribution in [1.82, 2.24) is 0 Å². The van der Waals surface area contributed by atoms with E-state index in [0.29, 0.717) is 0 Å². The average molecular weight is 1140 g/mol. The second kappa shape index (κ2) is 26.8. The van der Waals surface area contributed by atoms with Gasteiger partial charge >= 0.3 is 0 Å². The van der Waals surface area contributed by atoms with E-state index < -0.39 is 0 Å². The fraction of sp³-hybridized carbons (Fsp3) is 0.149. The highest BCUT2D eigenvalue weighted by Crippen LogP contribution is 2.45. The Balaban J connectivity index is 0.000000121. The van der Waals surface area contributed by atoms with E-state index in [2.05, 4.69) is 329 Å². The number of hydrogen-bond donors (Lipinski definition) is 0. The van der Waals surface area contributed by atoms with Gasteiger partial charge in [-0.25, -0.2) is 0 Å². The quantitative estimate of drug-likeness (QED) is 0.130. The Morgan fingerprint density at radius 2 is 0.955 bits per heavy atom. The van der Waals surface area contributed by atoms with E-state index in [1.807, 2.05) is 12.2 Å². The molecule has 0 bridgehead atoms. The van der Waals surface area contributed by atoms with E-state index in [1.165, 1.54) is 160 Å². The van der Waals surface area contributed by atoms with Crippen LogP contribution in [0.1, 0.15) is 94.0 Å². The molecule has 0 N–H and O–H groups in total. The van der Waals surface area contributed by atoms with Gasteiger partial charge in [0.2, 0.25) is 0 Å². The maximum Gasteiger partial charge on any atom is 0.0523 e. The summed E-state index contributed by atoms with van der Waals surface area (Å²) in [4.78, 5) is 2.37. The number of allylic oxidation sites excluding steroid dienone is 4. The first kappa shape index (κ1) is 59.9. The van der Waals surface area contributed by atoms with Crippen molar-refractivity contribution < 1.29 is 0 Å². The molecule has 1 atom stereocenters. The van der Waals surface area contributed by atoms with Gasteiger partial charge in [-0.3, -0.25) is 0 Å². The number of fused-ring (bicyclic) bond motifs is 9. The summed E-state index contributed by atoms with van der Waals surface area (Å²) in [7, 11) is 0. The number of nitrogens with zero attached hydrogens (tertiary/aromatic N) is 1. The minimum atomic E-state index is 0.267. The van der Waals surface area contributed by atoms with Crippen LogP contribution >= 0.6 is 0 Å². The highest BCUT2D eigenvalue weighted by Gasteiger charge is 2.24. The summed E-state index contributed by atoms with van der Waals surface area (Å²) in [5.41, 5.74) is 28.2. The highest BCUT2D eigenvalue weighted by molar-refractivity contribution is 6.03. The minimum Gasteiger partial charge on any atom is -0.335 e. The smallest absolute Gasteiger partial charge is 0.0523 e. The SMILES string of the molecule is C=C/C=C(/C)C(C)N(c1ccc(C)cc1)c1ccc(C)cc1.C=Cc1c(/C=C\C)ccc2c1-c1ccc3ccccc3c1C2.Cc1ccc2c(c1-c1ccc3ccccc3c1C)C=CCC2.Cc1ccc2ccccc2c1-c1ccc2ccccc2c1C. The molecule has 1 unspecified atom stereocenters. The lowest BCUT2D eigenvalue weighted by molar-refractivity contribution is 0.813. The van der Waals surface area contributed by atoms with Crippen molar-refractivity contribution in [3.63, 3.8) is 0 Å². The van der Waals surface area contributed by atoms with E-state index in [-0.39, 0.29) is 6.04 Å². The zero-order chi connectivity index (χ0) is 61.4. The molecule has 0 saturated heterocycles. The van der Waals surface area contributed by atoms with Crippen molar-refractivity contribution in [1.29, 1.82) is 0 Å². The predicted molar refractivity (Wildman–Crippen MR) is 387 cm³/mol. The van der Waals surface area contributed by atoms with Crippen molar-refractivity contribution in [2.24, 2.45) is 0 Å². The molecular weight excluding hydrogens is 1060 g/mol. The van der Waals surface area contributed by atoms with Gasteiger partial charge < -0.3 is 4.90 Å². The Morgan fingerprint density at radius 3 is 1.52 bits per heavy atom. The topological polar surface area (TPSA) is 3.24 Å². The molecule has 2 aliphatic rings. The molecule has 12 aromatic carbocycles. The van der Waals surface area contributed by atoms with Gasteiger partial charge in [-0.1, -0.05) is 267 Å². The zero-order valence-corrected chi connectivity index (χ0v) is 52.9. The molecule has 0 heterocycles. The van der Waals surface area contributed by atoms with Gasteiger partial charge in [-0.2, -0.15) is 0 Å². The Labute approximate surface area is 523 Å². The molecule has 1 heteroatoms. The Morgan fingerprint density at radius 1 is 0.477 bits per heavy atom. The highest BCUT2D eigenvalue weighted by atomic mass is 15.2. The molecule has 12 aromatic rings. The summed E-state index contributed by atoms with van der Waals surface area (Å²) < 4.78 is 0. The van der Waals surface area contributed by atoms with E-state index in [1.54, 1.807) is 0 Å². The third-order valence-electron chi connectivity index (χ3n) is 18.1. The molecule has 88 heavy (non-hydrogen) atoms. The van der Waals surface area contributed by atoms with Crippen molar-refractivity contribution in [3.05, 3.63) is 328 Å². The summed E-state index contributed by atoms with van der Waals surface area (Å²) in [6.45, 7) is 27.5. The predicted octanol–water partition coefficient (Wildman–Crippen LogP) is 24.4. The zero-order valence-electron chi connectivity index (χ0n) is 52.9. The monoisotopic (exact) mass is 1140 g/mol. The Kier molecular flexibility index (Phi) is 18.3. The number of aryl methyl sites for hydroxylation is 7. The molecule has 14 rings (SSSR count). The summed E-state index contributed by atoms with van der Waals surface area (Å²) in [5, 5.41) is 10.7. The minimum absolute atomic E-state index is 0.267. The van der Waals surface area contributed by atoms with Crippen LogP contribution in [0.15, 0.2) is 261 Å². The largest absolute Gasteiger partial charge is 0.335 e. The molecule has 0 radical (unpaired) electrons. The van der Waals surface area contributed by atoms with Gasteiger partial charge in [0.1, 0.15) is 0 Å². The average Bonchev–Trinajstić information content (AvgIpc) is 1.64. The molecule has 0 amide bonds. The van der Waals surface area contributed by atoms with E-state index >= 15 is 0 Å². The van der Waals surface area contributed by atoms with Crippen molar-refractivity contribution in [2.45, 2.75) is 87.6 Å². The Hall–Kier alpha value is -9.82. The fourth-order valence-electron chi connectivity index (χ4n) is 13.3. The van der Waals surface area contributed by atoms with Crippen LogP contribution in [0.5, 0.6) is 0 Å². The van der Waals surface area contributed by atoms with Crippen LogP contribution in [0, 0.1) is 41.5 Å². The maximum atomic E-state index is 4.05. The van der Waals surface area contributed by atoms with E-state index in [0.717, 1.165) is 19.3 Å². The van der Waals surface area contributed by atoms with Gasteiger partial charge in [0.25, 0.3) is 0 Å². The van der Waals surface area contributed by atoms with Gasteiger partial charge in [-0.15, -0.1) is 0 Å². The van der Waals surface area contributed by atoms with E-state index in [4.69, 9.17) is 0 Å². The van der Waals surface area contributed by atoms with Gasteiger partial charge in [0.05, 0.1) is 6.04 Å². The van der Waals surface area contributed by atoms with Crippen LogP contribution in [0.25, 0.3) is 94.7 Å². The third-order valence-corrected chi connectivity index (χ3v) is 18.1. The fourth-order valence-corrected chi connectivity index (χ4v) is 13.3. The normalized spacial score (nSPS) is 12.5. The second-order valence-corrected chi connectivity index (χ2v) is 23.8. The van der Waals surface area contributed by atoms with Crippen LogP contribution < -0.4 is 4.90 Å². The summed E-state index contributed by atoms with van der Waals surface area (Å²) in [6, 6.07) is 79.3. The van der Waals surface area contributed by atoms with E-state index in [9.17, 15) is 0 Å². The first-order valence-electron chi connectivity index (χ1n) is 31.3. The van der Waals surface area contributed by atoms with Crippen molar-refractivity contribution in [3.8, 4) is 33.4 Å². The van der Waals surface area contributed by atoms with Crippen molar-refractivity contribution >= 4 is 72.7 Å². The van der Waals surface area contributed by atoms with Crippen LogP contribution in [0.3, 0.4) is 0 Å². The number of benzene rings is 12. The molecule has 434 valence electrons. The summed E-state index contributed by atoms with van der Waals surface area (Å²) in [6.07, 6.45) is 18.1. The second-order valence-electron chi connectivity index (χ2n) is 23.8. The van der Waals surface area contributed by atoms with Crippen molar-refractivity contribution in [2.75, 3.05) is 4.90 Å². The lowest BCUT2D eigenvalue weighted by atomic mass is 9.84. The lowest BCUT2D eigenvalue weighted by Gasteiger charge is -2.32. The Bertz CT molecular complexity index is 4610. The van der Waals surface area contributed by atoms with Gasteiger partial charge in [-0.05, 0) is 238 Å². The first-order chi connectivity index (χ1) is 42.9. The van der Waals surface area contributed by atoms with Gasteiger partial charge in [0.15, 0.2) is 0 Å². The van der Waals surface area contributed by atoms with Crippen LogP contribution in [-0.2, 0) is 12.8 Å². The number of anilines is 2. The maximum absolute atomic E-state index is 4.05. The van der Waals surface area contributed by atoms with Crippen LogP contribution in [0.4, 0.5) is 11.4 Å². The molecule has 1 nitrogen and oxygen atoms in total. The van der Waals surface area contributed by atoms with Crippen LogP contribution in [0.2, 0.25) is 0 Å². The molecule has 2 aliphatic carbocycles. The summed E-state index contributed by atoms with van der Waals surface area (Å²) >= 11 is 0. The van der Waals surface area contributed by atoms with Crippen LogP contribution in [-0.4, -0.2) is 6.04 Å². The summed E-state index contributed by atoms with van der Waals surface area (Å²) in [5.74, 6) is 0. The molecule has 0 spiro atoms. The van der Waals surface area contributed by atoms with Gasteiger partial charge in [0, 0.05) is 11.4 Å². The molecule has 0 fully saturated rings. The lowest BCUT2D eigenvalue weighted by Crippen LogP contribution is -2.29. The standard InChI is InChI=1S/C22H20.2C22H18.C21H25N/c2*1-15-11-12-18-8-4-6-10-21(18)22(15)20-14-13-17-7-3-5-9-19(17)16(20)2;1-3-7-15-10-11-17-14-21-19-9-6-5-8-16(19)12-13-20(21)22(17)18(15)4-2;1-6-7-18(4)19(5)22(20-12-8-16(2)9-13-20)21-14-10-17(3)11-15-21/h3,5-7,9-14H,4,8H2,1-2H3;3-14H,1-2H3;3-13H,2,14H2,1H3;6-15,19H,1H2,2-5H3/b;;7-3-;18-7-. The number of rotatable bonds is 9.